The normalized spacial score (nSPS) is 13.5. The fourth-order valence-corrected chi connectivity index (χ4v) is 8.77. The van der Waals surface area contributed by atoms with E-state index in [1.807, 2.05) is 0 Å². The molecule has 0 amide bonds. The summed E-state index contributed by atoms with van der Waals surface area (Å²) in [6.07, 6.45) is 0. The number of anilines is 3. The Bertz CT molecular complexity index is 2260. The monoisotopic (exact) mass is 551 g/mol. The SMILES string of the molecule is C[Si](C)(C)c1cc2c3c(cccc3c1)-c1cccc3c1B2c1c(ccc2ccccc12)N3c1ccc2ccccc2c1. The average Bonchev–Trinajstić information content (AvgIpc) is 3.01. The molecule has 3 heteroatoms. The quantitative estimate of drug-likeness (QED) is 0.197. The second kappa shape index (κ2) is 8.47. The lowest BCUT2D eigenvalue weighted by atomic mass is 9.31. The summed E-state index contributed by atoms with van der Waals surface area (Å²) in [7, 11) is -1.57. The van der Waals surface area contributed by atoms with Crippen LogP contribution in [0, 0.1) is 0 Å². The largest absolute Gasteiger partial charge is 0.311 e. The van der Waals surface area contributed by atoms with Gasteiger partial charge in [0.2, 0.25) is 6.71 Å². The van der Waals surface area contributed by atoms with E-state index in [0.717, 1.165) is 0 Å². The summed E-state index contributed by atoms with van der Waals surface area (Å²) in [5.41, 5.74) is 10.8. The highest BCUT2D eigenvalue weighted by molar-refractivity contribution is 7.02. The van der Waals surface area contributed by atoms with E-state index in [-0.39, 0.29) is 6.71 Å². The van der Waals surface area contributed by atoms with E-state index < -0.39 is 8.07 Å². The molecule has 198 valence electrons. The van der Waals surface area contributed by atoms with Gasteiger partial charge in [0.25, 0.3) is 0 Å². The average molecular weight is 552 g/mol. The van der Waals surface area contributed by atoms with Gasteiger partial charge in [0.15, 0.2) is 0 Å². The van der Waals surface area contributed by atoms with E-state index in [0.29, 0.717) is 0 Å². The van der Waals surface area contributed by atoms with Crippen LogP contribution in [0.1, 0.15) is 0 Å². The second-order valence-corrected chi connectivity index (χ2v) is 18.1. The van der Waals surface area contributed by atoms with E-state index in [9.17, 15) is 0 Å². The highest BCUT2D eigenvalue weighted by Crippen LogP contribution is 2.43. The maximum Gasteiger partial charge on any atom is 0.249 e. The summed E-state index contributed by atoms with van der Waals surface area (Å²) in [6.45, 7) is 7.58. The smallest absolute Gasteiger partial charge is 0.249 e. The van der Waals surface area contributed by atoms with E-state index in [2.05, 4.69) is 152 Å². The highest BCUT2D eigenvalue weighted by Gasteiger charge is 2.42. The number of benzene rings is 7. The summed E-state index contributed by atoms with van der Waals surface area (Å²) in [4.78, 5) is 2.52. The zero-order chi connectivity index (χ0) is 28.2. The predicted molar refractivity (Wildman–Crippen MR) is 187 cm³/mol. The highest BCUT2D eigenvalue weighted by atomic mass is 28.3. The molecule has 0 unspecified atom stereocenters. The van der Waals surface area contributed by atoms with Gasteiger partial charge in [0.05, 0.1) is 8.07 Å². The third-order valence-corrected chi connectivity index (χ3v) is 11.6. The van der Waals surface area contributed by atoms with Gasteiger partial charge < -0.3 is 4.90 Å². The summed E-state index contributed by atoms with van der Waals surface area (Å²) in [5.74, 6) is 0. The van der Waals surface area contributed by atoms with Crippen LogP contribution in [0.25, 0.3) is 43.4 Å². The molecule has 0 N–H and O–H groups in total. The lowest BCUT2D eigenvalue weighted by Gasteiger charge is -2.41. The molecule has 0 radical (unpaired) electrons. The molecule has 1 nitrogen and oxygen atoms in total. The number of nitrogens with zero attached hydrogens (tertiary/aromatic N) is 1. The summed E-state index contributed by atoms with van der Waals surface area (Å²) >= 11 is 0. The van der Waals surface area contributed by atoms with Gasteiger partial charge in [-0.05, 0) is 78.6 Å². The van der Waals surface area contributed by atoms with Gasteiger partial charge in [-0.3, -0.25) is 0 Å². The van der Waals surface area contributed by atoms with Crippen molar-refractivity contribution in [2.24, 2.45) is 0 Å². The second-order valence-electron chi connectivity index (χ2n) is 13.0. The van der Waals surface area contributed by atoms with Crippen LogP contribution in [0.15, 0.2) is 127 Å². The molecular weight excluding hydrogens is 521 g/mol. The molecular formula is C39H30BNSi. The van der Waals surface area contributed by atoms with Crippen molar-refractivity contribution >= 4 is 85.7 Å². The lowest BCUT2D eigenvalue weighted by molar-refractivity contribution is 1.30. The minimum atomic E-state index is -1.57. The van der Waals surface area contributed by atoms with Gasteiger partial charge >= 0.3 is 0 Å². The summed E-state index contributed by atoms with van der Waals surface area (Å²) in [5, 5.41) is 9.50. The van der Waals surface area contributed by atoms with Crippen molar-refractivity contribution in [3.63, 3.8) is 0 Å². The van der Waals surface area contributed by atoms with Crippen molar-refractivity contribution in [2.45, 2.75) is 19.6 Å². The minimum absolute atomic E-state index is 0.169. The van der Waals surface area contributed by atoms with Crippen molar-refractivity contribution < 1.29 is 0 Å². The molecule has 0 atom stereocenters. The number of rotatable bonds is 2. The number of hydrogen-bond acceptors (Lipinski definition) is 1. The zero-order valence-electron chi connectivity index (χ0n) is 24.1. The third-order valence-electron chi connectivity index (χ3n) is 9.56. The standard InChI is InChI=1S/C39H30BNSi/c1-42(2,3)30-23-28-13-8-15-32-33-16-9-17-35-39(33)40(34(24-30)37(28)32)38-31-14-7-6-11-26(31)19-21-36(38)41(35)29-20-18-25-10-4-5-12-27(25)22-29/h4-24H,1-3H3. The van der Waals surface area contributed by atoms with Crippen LogP contribution in [0.4, 0.5) is 17.1 Å². The van der Waals surface area contributed by atoms with Crippen molar-refractivity contribution in [1.82, 2.24) is 0 Å². The molecule has 42 heavy (non-hydrogen) atoms. The molecule has 0 bridgehead atoms. The van der Waals surface area contributed by atoms with Crippen LogP contribution >= 0.6 is 0 Å². The van der Waals surface area contributed by atoms with Crippen LogP contribution in [-0.2, 0) is 0 Å². The van der Waals surface area contributed by atoms with Gasteiger partial charge in [0.1, 0.15) is 0 Å². The Morgan fingerprint density at radius 2 is 1.21 bits per heavy atom. The lowest BCUT2D eigenvalue weighted by Crippen LogP contribution is -2.60. The van der Waals surface area contributed by atoms with Gasteiger partial charge in [-0.15, -0.1) is 0 Å². The first-order chi connectivity index (χ1) is 20.5. The van der Waals surface area contributed by atoms with Gasteiger partial charge in [-0.2, -0.15) is 0 Å². The number of hydrogen-bond donors (Lipinski definition) is 0. The molecule has 7 aromatic rings. The first-order valence-electron chi connectivity index (χ1n) is 15.0. The first-order valence-corrected chi connectivity index (χ1v) is 18.5. The third kappa shape index (κ3) is 3.26. The predicted octanol–water partition coefficient (Wildman–Crippen LogP) is 7.97. The van der Waals surface area contributed by atoms with E-state index >= 15 is 0 Å². The minimum Gasteiger partial charge on any atom is -0.311 e. The van der Waals surface area contributed by atoms with Crippen LogP contribution in [-0.4, -0.2) is 14.8 Å². The molecule has 2 aliphatic rings. The van der Waals surface area contributed by atoms with E-state index in [1.165, 1.54) is 82.1 Å². The van der Waals surface area contributed by atoms with Gasteiger partial charge in [-0.1, -0.05) is 133 Å². The summed E-state index contributed by atoms with van der Waals surface area (Å²) < 4.78 is 0. The van der Waals surface area contributed by atoms with Crippen LogP contribution < -0.4 is 26.5 Å². The Balaban J connectivity index is 1.45. The molecule has 0 spiro atoms. The van der Waals surface area contributed by atoms with Gasteiger partial charge in [0, 0.05) is 17.1 Å². The summed E-state index contributed by atoms with van der Waals surface area (Å²) in [6, 6.07) is 48.2. The molecule has 2 aliphatic heterocycles. The molecule has 0 fully saturated rings. The van der Waals surface area contributed by atoms with Crippen molar-refractivity contribution in [3.8, 4) is 11.1 Å². The van der Waals surface area contributed by atoms with Crippen LogP contribution in [0.2, 0.25) is 19.6 Å². The van der Waals surface area contributed by atoms with Gasteiger partial charge in [-0.25, -0.2) is 0 Å². The fourth-order valence-electron chi connectivity index (χ4n) is 7.59. The molecule has 7 aromatic carbocycles. The van der Waals surface area contributed by atoms with Crippen LogP contribution in [0.5, 0.6) is 0 Å². The van der Waals surface area contributed by atoms with Crippen molar-refractivity contribution in [3.05, 3.63) is 127 Å². The Labute approximate surface area is 248 Å². The molecule has 0 aromatic heterocycles. The van der Waals surface area contributed by atoms with Crippen molar-refractivity contribution in [2.75, 3.05) is 4.90 Å². The Morgan fingerprint density at radius 3 is 2.07 bits per heavy atom. The van der Waals surface area contributed by atoms with E-state index in [1.54, 1.807) is 0 Å². The topological polar surface area (TPSA) is 3.24 Å². The van der Waals surface area contributed by atoms with E-state index in [4.69, 9.17) is 0 Å². The Morgan fingerprint density at radius 1 is 0.524 bits per heavy atom. The molecule has 0 saturated heterocycles. The van der Waals surface area contributed by atoms with Crippen LogP contribution in [0.3, 0.4) is 0 Å². The maximum atomic E-state index is 2.58. The molecule has 0 aliphatic carbocycles. The van der Waals surface area contributed by atoms with Crippen molar-refractivity contribution in [1.29, 1.82) is 0 Å². The molecule has 2 heterocycles. The molecule has 9 rings (SSSR count). The maximum absolute atomic E-state index is 2.58. The number of fused-ring (bicyclic) bond motifs is 7. The fraction of sp³-hybridized carbons (Fsp3) is 0.0769. The first kappa shape index (κ1) is 24.0. The Kier molecular flexibility index (Phi) is 4.85. The Hall–Kier alpha value is -4.60. The zero-order valence-corrected chi connectivity index (χ0v) is 25.1. The molecule has 0 saturated carbocycles.